The number of aliphatic imine (C=N–C) groups is 1. The minimum absolute atomic E-state index is 0.0979. The topological polar surface area (TPSA) is 81.3 Å². The second-order valence-corrected chi connectivity index (χ2v) is 10.0. The standard InChI is InChI=1S/C31H25ClN4O2/c1-18-7-3-5-9-22(18)23-10-6-4-8-19(23)15-27-30(37)36(2)28-14-12-21(32)17-24(28)29(33-27)20-11-13-25-26(16-20)35-31(38)34-25/h3-14,16-17,27H,15H2,1-2H3,(H2,34,35,38). The van der Waals surface area contributed by atoms with E-state index in [1.54, 1.807) is 18.0 Å². The molecule has 38 heavy (non-hydrogen) atoms. The van der Waals surface area contributed by atoms with Gasteiger partial charge < -0.3 is 14.9 Å². The molecule has 6 rings (SSSR count). The second-order valence-electron chi connectivity index (χ2n) is 9.57. The monoisotopic (exact) mass is 520 g/mol. The maximum atomic E-state index is 13.8. The first-order valence-corrected chi connectivity index (χ1v) is 12.8. The summed E-state index contributed by atoms with van der Waals surface area (Å²) in [6, 6.07) is 26.9. The summed E-state index contributed by atoms with van der Waals surface area (Å²) in [5.41, 5.74) is 8.49. The molecule has 0 fully saturated rings. The summed E-state index contributed by atoms with van der Waals surface area (Å²) in [5.74, 6) is -0.0979. The van der Waals surface area contributed by atoms with E-state index in [1.165, 1.54) is 5.56 Å². The third kappa shape index (κ3) is 4.23. The van der Waals surface area contributed by atoms with E-state index in [0.717, 1.165) is 33.5 Å². The van der Waals surface area contributed by atoms with Crippen LogP contribution in [0.3, 0.4) is 0 Å². The predicted octanol–water partition coefficient (Wildman–Crippen LogP) is 5.91. The van der Waals surface area contributed by atoms with Crippen LogP contribution in [0.2, 0.25) is 5.02 Å². The summed E-state index contributed by atoms with van der Waals surface area (Å²) in [4.78, 5) is 38.1. The fourth-order valence-electron chi connectivity index (χ4n) is 5.20. The van der Waals surface area contributed by atoms with E-state index in [9.17, 15) is 9.59 Å². The van der Waals surface area contributed by atoms with E-state index in [1.807, 2.05) is 54.6 Å². The normalized spacial score (nSPS) is 15.3. The average molecular weight is 521 g/mol. The summed E-state index contributed by atoms with van der Waals surface area (Å²) in [6.45, 7) is 2.09. The van der Waals surface area contributed by atoms with Crippen molar-refractivity contribution in [2.45, 2.75) is 19.4 Å². The highest BCUT2D eigenvalue weighted by Crippen LogP contribution is 2.33. The van der Waals surface area contributed by atoms with Crippen LogP contribution in [0.4, 0.5) is 5.69 Å². The van der Waals surface area contributed by atoms with E-state index in [-0.39, 0.29) is 11.6 Å². The third-order valence-corrected chi connectivity index (χ3v) is 7.37. The number of aromatic nitrogens is 2. The molecule has 1 aliphatic rings. The van der Waals surface area contributed by atoms with Gasteiger partial charge in [-0.05, 0) is 59.5 Å². The fraction of sp³-hybridized carbons (Fsp3) is 0.129. The Morgan fingerprint density at radius 1 is 0.842 bits per heavy atom. The fourth-order valence-corrected chi connectivity index (χ4v) is 5.37. The Kier molecular flexibility index (Phi) is 5.97. The summed E-state index contributed by atoms with van der Waals surface area (Å²) >= 11 is 6.42. The number of nitrogens with zero attached hydrogens (tertiary/aromatic N) is 2. The molecular weight excluding hydrogens is 496 g/mol. The number of H-pyrrole nitrogens is 2. The number of hydrogen-bond donors (Lipinski definition) is 2. The van der Waals surface area contributed by atoms with Crippen LogP contribution < -0.4 is 10.6 Å². The first kappa shape index (κ1) is 23.9. The zero-order valence-corrected chi connectivity index (χ0v) is 21.7. The number of likely N-dealkylation sites (N-methyl/N-ethyl adjacent to an activating group) is 1. The number of benzodiazepines with no additional fused rings is 1. The lowest BCUT2D eigenvalue weighted by atomic mass is 9.92. The van der Waals surface area contributed by atoms with Crippen molar-refractivity contribution in [1.29, 1.82) is 0 Å². The molecule has 1 atom stereocenters. The van der Waals surface area contributed by atoms with Gasteiger partial charge in [-0.25, -0.2) is 4.79 Å². The minimum atomic E-state index is -0.660. The molecule has 0 saturated heterocycles. The number of hydrogen-bond acceptors (Lipinski definition) is 3. The van der Waals surface area contributed by atoms with Crippen LogP contribution >= 0.6 is 11.6 Å². The van der Waals surface area contributed by atoms with Gasteiger partial charge in [-0.1, -0.05) is 66.2 Å². The van der Waals surface area contributed by atoms with Gasteiger partial charge in [0.25, 0.3) is 5.91 Å². The van der Waals surface area contributed by atoms with Crippen LogP contribution in [-0.2, 0) is 11.2 Å². The molecule has 2 N–H and O–H groups in total. The maximum absolute atomic E-state index is 13.8. The second kappa shape index (κ2) is 9.47. The highest BCUT2D eigenvalue weighted by molar-refractivity contribution is 6.32. The molecule has 0 saturated carbocycles. The van der Waals surface area contributed by atoms with Gasteiger partial charge in [-0.2, -0.15) is 0 Å². The smallest absolute Gasteiger partial charge is 0.313 e. The summed E-state index contributed by atoms with van der Waals surface area (Å²) in [7, 11) is 1.78. The molecule has 1 aromatic heterocycles. The Morgan fingerprint density at radius 2 is 1.58 bits per heavy atom. The predicted molar refractivity (Wildman–Crippen MR) is 154 cm³/mol. The Bertz CT molecular complexity index is 1800. The van der Waals surface area contributed by atoms with Gasteiger partial charge in [0, 0.05) is 29.6 Å². The number of aromatic amines is 2. The van der Waals surface area contributed by atoms with Crippen molar-refractivity contribution in [2.24, 2.45) is 4.99 Å². The molecular formula is C31H25ClN4O2. The molecule has 0 bridgehead atoms. The van der Waals surface area contributed by atoms with Gasteiger partial charge in [0.1, 0.15) is 6.04 Å². The Hall–Kier alpha value is -4.42. The maximum Gasteiger partial charge on any atom is 0.323 e. The quantitative estimate of drug-likeness (QED) is 0.309. The van der Waals surface area contributed by atoms with Crippen molar-refractivity contribution in [3.8, 4) is 11.1 Å². The first-order chi connectivity index (χ1) is 18.4. The lowest BCUT2D eigenvalue weighted by Gasteiger charge is -2.21. The molecule has 7 heteroatoms. The first-order valence-electron chi connectivity index (χ1n) is 12.4. The molecule has 1 amide bonds. The van der Waals surface area contributed by atoms with Gasteiger partial charge in [0.2, 0.25) is 0 Å². The zero-order chi connectivity index (χ0) is 26.4. The van der Waals surface area contributed by atoms with E-state index in [4.69, 9.17) is 16.6 Å². The Balaban J connectivity index is 1.51. The number of benzene rings is 4. The SMILES string of the molecule is Cc1ccccc1-c1ccccc1CC1N=C(c2ccc3[nH]c(=O)[nH]c3c2)c2cc(Cl)ccc2N(C)C1=O. The van der Waals surface area contributed by atoms with Crippen LogP contribution in [0.1, 0.15) is 22.3 Å². The summed E-state index contributed by atoms with van der Waals surface area (Å²) in [6.07, 6.45) is 0.433. The van der Waals surface area contributed by atoms with Crippen LogP contribution in [-0.4, -0.2) is 34.7 Å². The number of carbonyl (C=O) groups excluding carboxylic acids is 1. The number of nitrogens with one attached hydrogen (secondary N) is 2. The van der Waals surface area contributed by atoms with Crippen LogP contribution in [0, 0.1) is 6.92 Å². The van der Waals surface area contributed by atoms with Gasteiger partial charge in [0.05, 0.1) is 22.4 Å². The number of amides is 1. The number of halogens is 1. The number of aryl methyl sites for hydroxylation is 1. The summed E-state index contributed by atoms with van der Waals surface area (Å²) in [5, 5.41) is 0.553. The minimum Gasteiger partial charge on any atom is -0.313 e. The number of carbonyl (C=O) groups is 1. The highest BCUT2D eigenvalue weighted by atomic mass is 35.5. The molecule has 1 unspecified atom stereocenters. The Morgan fingerprint density at radius 3 is 2.39 bits per heavy atom. The van der Waals surface area contributed by atoms with Gasteiger partial charge >= 0.3 is 5.69 Å². The van der Waals surface area contributed by atoms with Gasteiger partial charge in [-0.15, -0.1) is 0 Å². The van der Waals surface area contributed by atoms with E-state index in [0.29, 0.717) is 28.2 Å². The van der Waals surface area contributed by atoms with Crippen molar-refractivity contribution in [3.63, 3.8) is 0 Å². The van der Waals surface area contributed by atoms with Crippen LogP contribution in [0.5, 0.6) is 0 Å². The van der Waals surface area contributed by atoms with E-state index >= 15 is 0 Å². The number of imidazole rings is 1. The largest absolute Gasteiger partial charge is 0.323 e. The highest BCUT2D eigenvalue weighted by Gasteiger charge is 2.31. The number of anilines is 1. The van der Waals surface area contributed by atoms with Gasteiger partial charge in [-0.3, -0.25) is 9.79 Å². The number of rotatable bonds is 4. The van der Waals surface area contributed by atoms with Crippen molar-refractivity contribution in [2.75, 3.05) is 11.9 Å². The van der Waals surface area contributed by atoms with Crippen molar-refractivity contribution in [1.82, 2.24) is 9.97 Å². The zero-order valence-electron chi connectivity index (χ0n) is 21.0. The van der Waals surface area contributed by atoms with E-state index < -0.39 is 6.04 Å². The molecule has 0 spiro atoms. The Labute approximate surface area is 224 Å². The molecule has 5 aromatic rings. The molecule has 2 heterocycles. The molecule has 4 aromatic carbocycles. The molecule has 0 radical (unpaired) electrons. The average Bonchev–Trinajstić information content (AvgIpc) is 3.26. The summed E-state index contributed by atoms with van der Waals surface area (Å²) < 4.78 is 0. The van der Waals surface area contributed by atoms with Crippen molar-refractivity contribution in [3.05, 3.63) is 123 Å². The molecule has 1 aliphatic heterocycles. The van der Waals surface area contributed by atoms with Crippen molar-refractivity contribution >= 4 is 39.9 Å². The number of fused-ring (bicyclic) bond motifs is 2. The lowest BCUT2D eigenvalue weighted by Crippen LogP contribution is -2.36. The van der Waals surface area contributed by atoms with Crippen molar-refractivity contribution < 1.29 is 4.79 Å². The van der Waals surface area contributed by atoms with Gasteiger partial charge in [0.15, 0.2) is 0 Å². The molecule has 0 aliphatic carbocycles. The van der Waals surface area contributed by atoms with E-state index in [2.05, 4.69) is 41.2 Å². The van der Waals surface area contributed by atoms with Crippen LogP contribution in [0.25, 0.3) is 22.2 Å². The third-order valence-electron chi connectivity index (χ3n) is 7.13. The van der Waals surface area contributed by atoms with Crippen LogP contribution in [0.15, 0.2) is 94.7 Å². The molecule has 188 valence electrons. The lowest BCUT2D eigenvalue weighted by molar-refractivity contribution is -0.119. The molecule has 6 nitrogen and oxygen atoms in total.